The van der Waals surface area contributed by atoms with Gasteiger partial charge in [-0.05, 0) is 12.8 Å². The molecule has 1 aromatic heterocycles. The molecule has 110 valence electrons. The van der Waals surface area contributed by atoms with Crippen LogP contribution in [0.3, 0.4) is 0 Å². The standard InChI is InChI=1S/C13H25N3O2S/c1-3-5-6-7-8-10-16-11-13(19(14,17)18)15-12(16)9-4-2/h11H,3-10H2,1-2H3,(H2,14,17,18). The van der Waals surface area contributed by atoms with Gasteiger partial charge in [-0.3, -0.25) is 0 Å². The van der Waals surface area contributed by atoms with Crippen LogP contribution in [0.2, 0.25) is 0 Å². The van der Waals surface area contributed by atoms with Crippen LogP contribution >= 0.6 is 0 Å². The first-order valence-corrected chi connectivity index (χ1v) is 8.62. The van der Waals surface area contributed by atoms with Crippen molar-refractivity contribution in [2.24, 2.45) is 5.14 Å². The van der Waals surface area contributed by atoms with Gasteiger partial charge in [0.25, 0.3) is 10.0 Å². The Hall–Kier alpha value is -0.880. The van der Waals surface area contributed by atoms with Crippen LogP contribution in [-0.2, 0) is 23.0 Å². The number of nitrogens with two attached hydrogens (primary N) is 1. The molecule has 19 heavy (non-hydrogen) atoms. The fourth-order valence-corrected chi connectivity index (χ4v) is 2.57. The summed E-state index contributed by atoms with van der Waals surface area (Å²) in [5, 5.41) is 5.12. The topological polar surface area (TPSA) is 78.0 Å². The smallest absolute Gasteiger partial charge is 0.257 e. The highest BCUT2D eigenvalue weighted by Gasteiger charge is 2.15. The van der Waals surface area contributed by atoms with Gasteiger partial charge in [0.2, 0.25) is 0 Å². The van der Waals surface area contributed by atoms with Crippen molar-refractivity contribution in [2.75, 3.05) is 0 Å². The largest absolute Gasteiger partial charge is 0.333 e. The molecule has 0 atom stereocenters. The summed E-state index contributed by atoms with van der Waals surface area (Å²) in [6.07, 6.45) is 9.23. The van der Waals surface area contributed by atoms with Crippen LogP contribution in [0.25, 0.3) is 0 Å². The Morgan fingerprint density at radius 2 is 1.84 bits per heavy atom. The Morgan fingerprint density at radius 3 is 2.42 bits per heavy atom. The molecule has 0 aromatic carbocycles. The van der Waals surface area contributed by atoms with Crippen molar-refractivity contribution in [3.8, 4) is 0 Å². The maximum Gasteiger partial charge on any atom is 0.257 e. The summed E-state index contributed by atoms with van der Waals surface area (Å²) in [5.74, 6) is 0.821. The number of nitrogens with zero attached hydrogens (tertiary/aromatic N) is 2. The first-order valence-electron chi connectivity index (χ1n) is 7.07. The maximum atomic E-state index is 11.3. The average molecular weight is 287 g/mol. The number of hydrogen-bond acceptors (Lipinski definition) is 3. The molecule has 0 aliphatic carbocycles. The third-order valence-electron chi connectivity index (χ3n) is 3.10. The molecule has 1 rings (SSSR count). The lowest BCUT2D eigenvalue weighted by Crippen LogP contribution is -2.12. The second kappa shape index (κ2) is 7.65. The van der Waals surface area contributed by atoms with Gasteiger partial charge in [0, 0.05) is 19.2 Å². The van der Waals surface area contributed by atoms with Gasteiger partial charge in [-0.1, -0.05) is 39.5 Å². The Bertz CT molecular complexity index is 480. The van der Waals surface area contributed by atoms with Crippen LogP contribution in [0.1, 0.15) is 58.2 Å². The van der Waals surface area contributed by atoms with Crippen LogP contribution in [0.5, 0.6) is 0 Å². The van der Waals surface area contributed by atoms with E-state index in [9.17, 15) is 8.42 Å². The van der Waals surface area contributed by atoms with E-state index in [1.807, 2.05) is 4.57 Å². The monoisotopic (exact) mass is 287 g/mol. The van der Waals surface area contributed by atoms with Gasteiger partial charge in [-0.2, -0.15) is 0 Å². The van der Waals surface area contributed by atoms with Gasteiger partial charge >= 0.3 is 0 Å². The van der Waals surface area contributed by atoms with E-state index in [0.717, 1.165) is 31.6 Å². The molecule has 6 heteroatoms. The van der Waals surface area contributed by atoms with E-state index in [1.165, 1.54) is 25.7 Å². The SMILES string of the molecule is CCCCCCCn1cc(S(N)(=O)=O)nc1CCC. The number of imidazole rings is 1. The van der Waals surface area contributed by atoms with Crippen molar-refractivity contribution in [1.82, 2.24) is 9.55 Å². The number of sulfonamides is 1. The number of rotatable bonds is 9. The number of primary sulfonamides is 1. The molecule has 0 fully saturated rings. The molecule has 2 N–H and O–H groups in total. The third-order valence-corrected chi connectivity index (χ3v) is 3.88. The predicted octanol–water partition coefficient (Wildman–Crippen LogP) is 2.45. The van der Waals surface area contributed by atoms with Crippen molar-refractivity contribution < 1.29 is 8.42 Å². The second-order valence-corrected chi connectivity index (χ2v) is 6.41. The molecule has 0 bridgehead atoms. The van der Waals surface area contributed by atoms with Crippen molar-refractivity contribution in [1.29, 1.82) is 0 Å². The highest BCUT2D eigenvalue weighted by atomic mass is 32.2. The lowest BCUT2D eigenvalue weighted by molar-refractivity contribution is 0.551. The lowest BCUT2D eigenvalue weighted by atomic mass is 10.1. The molecule has 1 heterocycles. The van der Waals surface area contributed by atoms with E-state index in [-0.39, 0.29) is 5.03 Å². The predicted molar refractivity (Wildman–Crippen MR) is 76.4 cm³/mol. The van der Waals surface area contributed by atoms with Crippen LogP contribution < -0.4 is 5.14 Å². The number of unbranched alkanes of at least 4 members (excludes halogenated alkanes) is 4. The molecule has 0 aliphatic rings. The van der Waals surface area contributed by atoms with Gasteiger partial charge in [0.1, 0.15) is 5.82 Å². The Labute approximate surface area is 116 Å². The van der Waals surface area contributed by atoms with E-state index in [2.05, 4.69) is 18.8 Å². The molecule has 0 radical (unpaired) electrons. The molecular formula is C13H25N3O2S. The molecule has 1 aromatic rings. The summed E-state index contributed by atoms with van der Waals surface area (Å²) in [6, 6.07) is 0. The normalized spacial score (nSPS) is 11.9. The second-order valence-electron chi connectivity index (χ2n) is 4.90. The maximum absolute atomic E-state index is 11.3. The van der Waals surface area contributed by atoms with Crippen LogP contribution in [0.15, 0.2) is 11.2 Å². The Balaban J connectivity index is 2.67. The van der Waals surface area contributed by atoms with E-state index in [0.29, 0.717) is 0 Å². The summed E-state index contributed by atoms with van der Waals surface area (Å²) in [4.78, 5) is 4.14. The van der Waals surface area contributed by atoms with E-state index in [4.69, 9.17) is 5.14 Å². The van der Waals surface area contributed by atoms with Gasteiger partial charge in [0.05, 0.1) is 0 Å². The zero-order chi connectivity index (χ0) is 14.3. The van der Waals surface area contributed by atoms with E-state index >= 15 is 0 Å². The molecular weight excluding hydrogens is 262 g/mol. The number of aryl methyl sites for hydroxylation is 2. The van der Waals surface area contributed by atoms with Crippen molar-refractivity contribution >= 4 is 10.0 Å². The van der Waals surface area contributed by atoms with Gasteiger partial charge in [0.15, 0.2) is 5.03 Å². The Morgan fingerprint density at radius 1 is 1.16 bits per heavy atom. The molecule has 0 aliphatic heterocycles. The van der Waals surface area contributed by atoms with Crippen molar-refractivity contribution in [2.45, 2.75) is 70.4 Å². The molecule has 0 saturated heterocycles. The summed E-state index contributed by atoms with van der Waals surface area (Å²) >= 11 is 0. The summed E-state index contributed by atoms with van der Waals surface area (Å²) in [6.45, 7) is 5.06. The summed E-state index contributed by atoms with van der Waals surface area (Å²) in [7, 11) is -3.69. The number of aromatic nitrogens is 2. The van der Waals surface area contributed by atoms with Crippen LogP contribution in [-0.4, -0.2) is 18.0 Å². The van der Waals surface area contributed by atoms with Crippen molar-refractivity contribution in [3.05, 3.63) is 12.0 Å². The van der Waals surface area contributed by atoms with Crippen LogP contribution in [0, 0.1) is 0 Å². The van der Waals surface area contributed by atoms with Crippen LogP contribution in [0.4, 0.5) is 0 Å². The van der Waals surface area contributed by atoms with Gasteiger partial charge in [-0.25, -0.2) is 18.5 Å². The molecule has 0 spiro atoms. The third kappa shape index (κ3) is 5.32. The zero-order valence-corrected chi connectivity index (χ0v) is 12.7. The molecule has 5 nitrogen and oxygen atoms in total. The van der Waals surface area contributed by atoms with E-state index < -0.39 is 10.0 Å². The van der Waals surface area contributed by atoms with E-state index in [1.54, 1.807) is 6.20 Å². The highest BCUT2D eigenvalue weighted by Crippen LogP contribution is 2.12. The fraction of sp³-hybridized carbons (Fsp3) is 0.769. The minimum Gasteiger partial charge on any atom is -0.333 e. The quantitative estimate of drug-likeness (QED) is 0.709. The summed E-state index contributed by atoms with van der Waals surface area (Å²) in [5.41, 5.74) is 0. The number of hydrogen-bond donors (Lipinski definition) is 1. The molecule has 0 amide bonds. The first kappa shape index (κ1) is 16.2. The lowest BCUT2D eigenvalue weighted by Gasteiger charge is -2.06. The van der Waals surface area contributed by atoms with Crippen molar-refractivity contribution in [3.63, 3.8) is 0 Å². The van der Waals surface area contributed by atoms with Gasteiger partial charge < -0.3 is 4.57 Å². The fourth-order valence-electron chi connectivity index (χ4n) is 2.07. The van der Waals surface area contributed by atoms with Gasteiger partial charge in [-0.15, -0.1) is 0 Å². The average Bonchev–Trinajstić information content (AvgIpc) is 2.73. The first-order chi connectivity index (χ1) is 8.99. The minimum atomic E-state index is -3.69. The zero-order valence-electron chi connectivity index (χ0n) is 11.9. The molecule has 0 unspecified atom stereocenters. The molecule has 0 saturated carbocycles. The minimum absolute atomic E-state index is 0.00971. The highest BCUT2D eigenvalue weighted by molar-refractivity contribution is 7.89. The Kier molecular flexibility index (Phi) is 6.51. The summed E-state index contributed by atoms with van der Waals surface area (Å²) < 4.78 is 24.6.